The fraction of sp³-hybridized carbons (Fsp3) is 0.214. The van der Waals surface area contributed by atoms with E-state index in [0.717, 1.165) is 15.6 Å². The van der Waals surface area contributed by atoms with E-state index in [4.69, 9.17) is 0 Å². The summed E-state index contributed by atoms with van der Waals surface area (Å²) in [5.74, 6) is -0.461. The zero-order valence-corrected chi connectivity index (χ0v) is 11.5. The Bertz CT molecular complexity index is 636. The van der Waals surface area contributed by atoms with Crippen LogP contribution in [0.25, 0.3) is 0 Å². The van der Waals surface area contributed by atoms with Crippen LogP contribution in [0.4, 0.5) is 0 Å². The highest BCUT2D eigenvalue weighted by molar-refractivity contribution is 7.11. The first kappa shape index (κ1) is 12.0. The van der Waals surface area contributed by atoms with Crippen LogP contribution in [-0.4, -0.2) is 21.7 Å². The number of amides is 2. The average Bonchev–Trinajstić information content (AvgIpc) is 2.84. The molecule has 0 unspecified atom stereocenters. The van der Waals surface area contributed by atoms with E-state index in [1.807, 2.05) is 13.8 Å². The van der Waals surface area contributed by atoms with Gasteiger partial charge in [0.15, 0.2) is 0 Å². The number of aromatic nitrogens is 1. The van der Waals surface area contributed by atoms with Crippen LogP contribution in [0.2, 0.25) is 0 Å². The van der Waals surface area contributed by atoms with Crippen molar-refractivity contribution in [3.8, 4) is 0 Å². The number of carbonyl (C=O) groups is 2. The third-order valence-electron chi connectivity index (χ3n) is 3.24. The predicted octanol–water partition coefficient (Wildman–Crippen LogP) is 2.56. The maximum Gasteiger partial charge on any atom is 0.261 e. The molecule has 1 aliphatic rings. The van der Waals surface area contributed by atoms with Gasteiger partial charge in [0.05, 0.1) is 23.4 Å². The van der Waals surface area contributed by atoms with E-state index in [0.29, 0.717) is 11.1 Å². The maximum absolute atomic E-state index is 12.2. The molecule has 0 atom stereocenters. The van der Waals surface area contributed by atoms with Gasteiger partial charge in [0, 0.05) is 4.88 Å². The highest BCUT2D eigenvalue weighted by Crippen LogP contribution is 2.26. The van der Waals surface area contributed by atoms with Crippen LogP contribution >= 0.6 is 11.3 Å². The van der Waals surface area contributed by atoms with Gasteiger partial charge in [-0.15, -0.1) is 11.3 Å². The van der Waals surface area contributed by atoms with Crippen LogP contribution in [-0.2, 0) is 6.54 Å². The fourth-order valence-corrected chi connectivity index (χ4v) is 3.05. The Labute approximate surface area is 114 Å². The van der Waals surface area contributed by atoms with Crippen molar-refractivity contribution in [3.63, 3.8) is 0 Å². The molecule has 1 aromatic heterocycles. The standard InChI is InChI=1S/C14H12N2O2S/c1-8-9(2)19-12(15-8)7-16-13(17)10-5-3-4-6-11(10)14(16)18/h3-6H,7H2,1-2H3. The molecule has 5 heteroatoms. The molecule has 2 aromatic rings. The minimum absolute atomic E-state index is 0.230. The Morgan fingerprint density at radius 2 is 1.68 bits per heavy atom. The first-order valence-corrected chi connectivity index (χ1v) is 6.77. The average molecular weight is 272 g/mol. The molecule has 4 nitrogen and oxygen atoms in total. The Kier molecular flexibility index (Phi) is 2.71. The van der Waals surface area contributed by atoms with Crippen LogP contribution in [0.3, 0.4) is 0 Å². The molecule has 0 N–H and O–H groups in total. The summed E-state index contributed by atoms with van der Waals surface area (Å²) in [7, 11) is 0. The van der Waals surface area contributed by atoms with Crippen molar-refractivity contribution in [2.45, 2.75) is 20.4 Å². The topological polar surface area (TPSA) is 50.3 Å². The smallest absolute Gasteiger partial charge is 0.261 e. The molecule has 0 radical (unpaired) electrons. The molecule has 0 fully saturated rings. The van der Waals surface area contributed by atoms with Gasteiger partial charge in [-0.1, -0.05) is 12.1 Å². The number of thiazole rings is 1. The van der Waals surface area contributed by atoms with Crippen molar-refractivity contribution in [3.05, 3.63) is 51.0 Å². The quantitative estimate of drug-likeness (QED) is 0.789. The third kappa shape index (κ3) is 1.86. The zero-order chi connectivity index (χ0) is 13.6. The number of nitrogens with zero attached hydrogens (tertiary/aromatic N) is 2. The van der Waals surface area contributed by atoms with E-state index in [9.17, 15) is 9.59 Å². The monoisotopic (exact) mass is 272 g/mol. The van der Waals surface area contributed by atoms with Crippen molar-refractivity contribution < 1.29 is 9.59 Å². The summed E-state index contributed by atoms with van der Waals surface area (Å²) in [5.41, 5.74) is 1.92. The van der Waals surface area contributed by atoms with Gasteiger partial charge in [0.1, 0.15) is 5.01 Å². The lowest BCUT2D eigenvalue weighted by Gasteiger charge is -2.11. The van der Waals surface area contributed by atoms with Gasteiger partial charge in [0.2, 0.25) is 0 Å². The number of carbonyl (C=O) groups excluding carboxylic acids is 2. The molecule has 1 aromatic carbocycles. The summed E-state index contributed by atoms with van der Waals surface area (Å²) in [6.45, 7) is 4.17. The van der Waals surface area contributed by atoms with E-state index in [2.05, 4.69) is 4.98 Å². The lowest BCUT2D eigenvalue weighted by molar-refractivity contribution is 0.0642. The first-order chi connectivity index (χ1) is 9.08. The number of hydrogen-bond acceptors (Lipinski definition) is 4. The lowest BCUT2D eigenvalue weighted by atomic mass is 10.1. The van der Waals surface area contributed by atoms with Crippen molar-refractivity contribution in [1.82, 2.24) is 9.88 Å². The number of hydrogen-bond donors (Lipinski definition) is 0. The van der Waals surface area contributed by atoms with Crippen molar-refractivity contribution in [2.75, 3.05) is 0 Å². The molecule has 0 aliphatic carbocycles. The highest BCUT2D eigenvalue weighted by atomic mass is 32.1. The molecule has 0 saturated heterocycles. The Morgan fingerprint density at radius 1 is 1.11 bits per heavy atom. The Morgan fingerprint density at radius 3 is 2.16 bits per heavy atom. The van der Waals surface area contributed by atoms with Gasteiger partial charge >= 0.3 is 0 Å². The summed E-state index contributed by atoms with van der Waals surface area (Å²) < 4.78 is 0. The van der Waals surface area contributed by atoms with E-state index in [1.165, 1.54) is 16.2 Å². The second-order valence-electron chi connectivity index (χ2n) is 4.49. The summed E-state index contributed by atoms with van der Waals surface area (Å²) in [4.78, 5) is 31.1. The SMILES string of the molecule is Cc1nc(CN2C(=O)c3ccccc3C2=O)sc1C. The van der Waals surface area contributed by atoms with Gasteiger partial charge in [-0.3, -0.25) is 14.5 Å². The van der Waals surface area contributed by atoms with Crippen LogP contribution in [0, 0.1) is 13.8 Å². The minimum Gasteiger partial charge on any atom is -0.269 e. The molecule has 2 amide bonds. The molecule has 2 heterocycles. The number of benzene rings is 1. The summed E-state index contributed by atoms with van der Waals surface area (Å²) >= 11 is 1.53. The van der Waals surface area contributed by atoms with Crippen LogP contribution in [0.15, 0.2) is 24.3 Å². The summed E-state index contributed by atoms with van der Waals surface area (Å²) in [5, 5.41) is 0.796. The molecular weight excluding hydrogens is 260 g/mol. The van der Waals surface area contributed by atoms with Gasteiger partial charge in [0.25, 0.3) is 11.8 Å². The third-order valence-corrected chi connectivity index (χ3v) is 4.30. The van der Waals surface area contributed by atoms with Crippen molar-refractivity contribution >= 4 is 23.2 Å². The fourth-order valence-electron chi connectivity index (χ4n) is 2.12. The molecular formula is C14H12N2O2S. The van der Waals surface area contributed by atoms with Crippen molar-refractivity contribution in [1.29, 1.82) is 0 Å². The Balaban J connectivity index is 1.92. The van der Waals surface area contributed by atoms with Crippen LogP contribution < -0.4 is 0 Å². The second-order valence-corrected chi connectivity index (χ2v) is 5.78. The largest absolute Gasteiger partial charge is 0.269 e. The van der Waals surface area contributed by atoms with E-state index in [-0.39, 0.29) is 18.4 Å². The molecule has 0 saturated carbocycles. The molecule has 19 heavy (non-hydrogen) atoms. The van der Waals surface area contributed by atoms with Gasteiger partial charge in [-0.05, 0) is 26.0 Å². The highest BCUT2D eigenvalue weighted by Gasteiger charge is 2.35. The zero-order valence-electron chi connectivity index (χ0n) is 10.6. The summed E-state index contributed by atoms with van der Waals surface area (Å²) in [6.07, 6.45) is 0. The molecule has 3 rings (SSSR count). The second kappa shape index (κ2) is 4.28. The maximum atomic E-state index is 12.2. The molecule has 0 bridgehead atoms. The molecule has 1 aliphatic heterocycles. The van der Waals surface area contributed by atoms with Gasteiger partial charge < -0.3 is 0 Å². The first-order valence-electron chi connectivity index (χ1n) is 5.96. The number of imide groups is 1. The van der Waals surface area contributed by atoms with Crippen LogP contribution in [0.1, 0.15) is 36.3 Å². The van der Waals surface area contributed by atoms with Gasteiger partial charge in [-0.2, -0.15) is 0 Å². The molecule has 0 spiro atoms. The number of aryl methyl sites for hydroxylation is 2. The normalized spacial score (nSPS) is 14.1. The number of rotatable bonds is 2. The van der Waals surface area contributed by atoms with Gasteiger partial charge in [-0.25, -0.2) is 4.98 Å². The van der Waals surface area contributed by atoms with E-state index < -0.39 is 0 Å². The Hall–Kier alpha value is -2.01. The van der Waals surface area contributed by atoms with Crippen LogP contribution in [0.5, 0.6) is 0 Å². The van der Waals surface area contributed by atoms with E-state index in [1.54, 1.807) is 24.3 Å². The number of fused-ring (bicyclic) bond motifs is 1. The van der Waals surface area contributed by atoms with E-state index >= 15 is 0 Å². The van der Waals surface area contributed by atoms with Crippen molar-refractivity contribution in [2.24, 2.45) is 0 Å². The lowest BCUT2D eigenvalue weighted by Crippen LogP contribution is -2.29. The summed E-state index contributed by atoms with van der Waals surface area (Å²) in [6, 6.07) is 6.91. The molecule has 96 valence electrons. The predicted molar refractivity (Wildman–Crippen MR) is 72.2 cm³/mol. The minimum atomic E-state index is -0.230.